The molecule has 0 bridgehead atoms. The first-order chi connectivity index (χ1) is 14.1. The van der Waals surface area contributed by atoms with E-state index in [1.807, 2.05) is 20.8 Å². The maximum atomic E-state index is 12.8. The van der Waals surface area contributed by atoms with Gasteiger partial charge in [0, 0.05) is 33.2 Å². The van der Waals surface area contributed by atoms with Crippen molar-refractivity contribution in [3.8, 4) is 0 Å². The van der Waals surface area contributed by atoms with Crippen LogP contribution in [0.25, 0.3) is 0 Å². The molecule has 2 unspecified atom stereocenters. The monoisotopic (exact) mass is 458 g/mol. The highest BCUT2D eigenvalue weighted by Gasteiger charge is 2.55. The second-order valence-corrected chi connectivity index (χ2v) is 16.5. The van der Waals surface area contributed by atoms with Crippen LogP contribution in [0.4, 0.5) is 0 Å². The summed E-state index contributed by atoms with van der Waals surface area (Å²) in [5, 5.41) is 12.4. The summed E-state index contributed by atoms with van der Waals surface area (Å²) in [5.74, 6) is -0.231. The van der Waals surface area contributed by atoms with Gasteiger partial charge < -0.3 is 19.6 Å². The Bertz CT molecular complexity index is 608. The number of carbonyl (C=O) groups excluding carboxylic acids is 2. The molecule has 0 aromatic rings. The third-order valence-corrected chi connectivity index (χ3v) is 12.5. The Hall–Kier alpha value is -0.963. The topological polar surface area (TPSA) is 88.1 Å². The van der Waals surface area contributed by atoms with Crippen molar-refractivity contribution in [3.05, 3.63) is 0 Å². The molecule has 31 heavy (non-hydrogen) atoms. The number of amides is 1. The van der Waals surface area contributed by atoms with Crippen molar-refractivity contribution >= 4 is 20.2 Å². The summed E-state index contributed by atoms with van der Waals surface area (Å²) < 4.78 is 12.4. The third kappa shape index (κ3) is 7.01. The van der Waals surface area contributed by atoms with E-state index in [-0.39, 0.29) is 30.4 Å². The van der Waals surface area contributed by atoms with Crippen molar-refractivity contribution in [1.82, 2.24) is 10.2 Å². The van der Waals surface area contributed by atoms with Crippen molar-refractivity contribution in [1.29, 1.82) is 0 Å². The molecule has 7 nitrogen and oxygen atoms in total. The fourth-order valence-electron chi connectivity index (χ4n) is 5.49. The van der Waals surface area contributed by atoms with Crippen molar-refractivity contribution < 1.29 is 23.9 Å². The standard InChI is InChI=1S/C23H46N2O5Si/c1-16(2)31(17(3)4,23(9,10)24-18(5)27)29-12-11-25-14-19(15-26)13-20(25)21(28)30-22(6,7)8/h16-17,19-20,26H,11-15H2,1-10H3,(H,24,27). The summed E-state index contributed by atoms with van der Waals surface area (Å²) in [6.07, 6.45) is 0.597. The van der Waals surface area contributed by atoms with Crippen LogP contribution < -0.4 is 5.32 Å². The van der Waals surface area contributed by atoms with Gasteiger partial charge in [-0.3, -0.25) is 14.5 Å². The van der Waals surface area contributed by atoms with Gasteiger partial charge in [0.2, 0.25) is 14.2 Å². The first-order valence-corrected chi connectivity index (χ1v) is 13.6. The van der Waals surface area contributed by atoms with E-state index in [0.29, 0.717) is 37.2 Å². The van der Waals surface area contributed by atoms with Crippen molar-refractivity contribution in [2.45, 2.75) is 104 Å². The molecule has 0 saturated carbocycles. The molecule has 1 saturated heterocycles. The van der Waals surface area contributed by atoms with E-state index < -0.39 is 19.1 Å². The van der Waals surface area contributed by atoms with Crippen LogP contribution in [0.2, 0.25) is 11.1 Å². The molecule has 0 aliphatic carbocycles. The SMILES string of the molecule is CC(=O)NC(C)(C)[Si](OCCN1CC(CO)CC1C(=O)OC(C)(C)C)(C(C)C)C(C)C. The van der Waals surface area contributed by atoms with E-state index in [9.17, 15) is 14.7 Å². The van der Waals surface area contributed by atoms with E-state index in [1.165, 1.54) is 0 Å². The molecular weight excluding hydrogens is 412 g/mol. The van der Waals surface area contributed by atoms with Gasteiger partial charge >= 0.3 is 5.97 Å². The minimum Gasteiger partial charge on any atom is -0.459 e. The maximum Gasteiger partial charge on any atom is 0.323 e. The number of ether oxygens (including phenoxy) is 1. The second-order valence-electron chi connectivity index (χ2n) is 11.1. The smallest absolute Gasteiger partial charge is 0.323 e. The van der Waals surface area contributed by atoms with Crippen LogP contribution in [-0.4, -0.2) is 73.3 Å². The molecule has 2 N–H and O–H groups in total. The second kappa shape index (κ2) is 10.8. The Balaban J connectivity index is 3.00. The quantitative estimate of drug-likeness (QED) is 0.386. The zero-order valence-electron chi connectivity index (χ0n) is 21.4. The summed E-state index contributed by atoms with van der Waals surface area (Å²) in [5.41, 5.74) is 0.0376. The van der Waals surface area contributed by atoms with Crippen LogP contribution >= 0.6 is 0 Å². The average Bonchev–Trinajstić information content (AvgIpc) is 2.98. The maximum absolute atomic E-state index is 12.8. The van der Waals surface area contributed by atoms with E-state index in [0.717, 1.165) is 0 Å². The number of nitrogens with zero attached hydrogens (tertiary/aromatic N) is 1. The molecule has 1 amide bonds. The lowest BCUT2D eigenvalue weighted by molar-refractivity contribution is -0.160. The van der Waals surface area contributed by atoms with Crippen LogP contribution in [0.15, 0.2) is 0 Å². The Morgan fingerprint density at radius 3 is 2.10 bits per heavy atom. The number of carbonyl (C=O) groups is 2. The molecule has 1 aliphatic rings. The van der Waals surface area contributed by atoms with Gasteiger partial charge in [-0.15, -0.1) is 0 Å². The molecular formula is C23H46N2O5Si. The minimum atomic E-state index is -2.45. The van der Waals surface area contributed by atoms with Gasteiger partial charge in [-0.05, 0) is 58.0 Å². The molecule has 182 valence electrons. The number of aliphatic hydroxyl groups excluding tert-OH is 1. The van der Waals surface area contributed by atoms with E-state index in [1.54, 1.807) is 6.92 Å². The molecule has 1 heterocycles. The molecule has 8 heteroatoms. The van der Waals surface area contributed by atoms with Gasteiger partial charge in [-0.1, -0.05) is 27.7 Å². The Morgan fingerprint density at radius 1 is 1.13 bits per heavy atom. The predicted octanol–water partition coefficient (Wildman–Crippen LogP) is 3.25. The van der Waals surface area contributed by atoms with Gasteiger partial charge in [0.25, 0.3) is 0 Å². The highest BCUT2D eigenvalue weighted by molar-refractivity contribution is 6.79. The zero-order chi connectivity index (χ0) is 24.2. The Labute approximate surface area is 190 Å². The number of aliphatic hydroxyl groups is 1. The van der Waals surface area contributed by atoms with Crippen LogP contribution in [-0.2, 0) is 18.8 Å². The van der Waals surface area contributed by atoms with Crippen molar-refractivity contribution in [2.24, 2.45) is 5.92 Å². The summed E-state index contributed by atoms with van der Waals surface area (Å²) in [6, 6.07) is -0.363. The van der Waals surface area contributed by atoms with Crippen LogP contribution in [0.3, 0.4) is 0 Å². The van der Waals surface area contributed by atoms with Crippen LogP contribution in [0.5, 0.6) is 0 Å². The fraction of sp³-hybridized carbons (Fsp3) is 0.913. The summed E-state index contributed by atoms with van der Waals surface area (Å²) in [7, 11) is -2.45. The van der Waals surface area contributed by atoms with E-state index in [4.69, 9.17) is 9.16 Å². The van der Waals surface area contributed by atoms with Gasteiger partial charge in [0.05, 0.1) is 5.16 Å². The third-order valence-electron chi connectivity index (χ3n) is 6.33. The molecule has 0 aromatic heterocycles. The molecule has 0 spiro atoms. The van der Waals surface area contributed by atoms with E-state index >= 15 is 0 Å². The van der Waals surface area contributed by atoms with Crippen LogP contribution in [0, 0.1) is 5.92 Å². The predicted molar refractivity (Wildman–Crippen MR) is 126 cm³/mol. The summed E-state index contributed by atoms with van der Waals surface area (Å²) >= 11 is 0. The highest BCUT2D eigenvalue weighted by atomic mass is 28.4. The van der Waals surface area contributed by atoms with Crippen LogP contribution in [0.1, 0.15) is 75.7 Å². The van der Waals surface area contributed by atoms with Gasteiger partial charge in [-0.25, -0.2) is 0 Å². The summed E-state index contributed by atoms with van der Waals surface area (Å²) in [6.45, 7) is 21.8. The van der Waals surface area contributed by atoms with Crippen molar-refractivity contribution in [3.63, 3.8) is 0 Å². The molecule has 1 fully saturated rings. The number of likely N-dealkylation sites (tertiary alicyclic amines) is 1. The zero-order valence-corrected chi connectivity index (χ0v) is 22.4. The fourth-order valence-corrected chi connectivity index (χ4v) is 11.5. The normalized spacial score (nSPS) is 21.1. The Morgan fingerprint density at radius 2 is 1.68 bits per heavy atom. The lowest BCUT2D eigenvalue weighted by atomic mass is 10.1. The number of hydrogen-bond donors (Lipinski definition) is 2. The van der Waals surface area contributed by atoms with Gasteiger partial charge in [0.1, 0.15) is 11.6 Å². The molecule has 2 atom stereocenters. The minimum absolute atomic E-state index is 0.0536. The Kier molecular flexibility index (Phi) is 9.75. The summed E-state index contributed by atoms with van der Waals surface area (Å²) in [4.78, 5) is 26.8. The van der Waals surface area contributed by atoms with Crippen molar-refractivity contribution in [2.75, 3.05) is 26.3 Å². The molecule has 1 aliphatic heterocycles. The first kappa shape index (κ1) is 28.1. The van der Waals surface area contributed by atoms with Gasteiger partial charge in [-0.2, -0.15) is 0 Å². The molecule has 0 radical (unpaired) electrons. The largest absolute Gasteiger partial charge is 0.459 e. The number of esters is 1. The number of nitrogens with one attached hydrogen (secondary N) is 1. The number of rotatable bonds is 10. The highest BCUT2D eigenvalue weighted by Crippen LogP contribution is 2.41. The molecule has 0 aromatic carbocycles. The first-order valence-electron chi connectivity index (χ1n) is 11.6. The number of hydrogen-bond acceptors (Lipinski definition) is 6. The van der Waals surface area contributed by atoms with Gasteiger partial charge in [0.15, 0.2) is 0 Å². The lowest BCUT2D eigenvalue weighted by Crippen LogP contribution is -2.69. The average molecular weight is 459 g/mol. The molecule has 1 rings (SSSR count). The van der Waals surface area contributed by atoms with E-state index in [2.05, 4.69) is 51.8 Å². The lowest BCUT2D eigenvalue weighted by Gasteiger charge is -2.50.